The van der Waals surface area contributed by atoms with Gasteiger partial charge >= 0.3 is 0 Å². The second kappa shape index (κ2) is 7.12. The van der Waals surface area contributed by atoms with Gasteiger partial charge in [-0.3, -0.25) is 0 Å². The van der Waals surface area contributed by atoms with Crippen LogP contribution in [0.15, 0.2) is 34.8 Å². The first kappa shape index (κ1) is 17.7. The maximum absolute atomic E-state index is 6.24. The first-order valence-corrected chi connectivity index (χ1v) is 9.81. The number of benzene rings is 2. The molecule has 2 aliphatic rings. The molecule has 4 rings (SSSR count). The summed E-state index contributed by atoms with van der Waals surface area (Å²) in [7, 11) is 3.33. The first-order chi connectivity index (χ1) is 12.6. The number of ether oxygens (including phenoxy) is 3. The van der Waals surface area contributed by atoms with E-state index >= 15 is 0 Å². The number of anilines is 1. The van der Waals surface area contributed by atoms with E-state index in [4.69, 9.17) is 14.2 Å². The van der Waals surface area contributed by atoms with Crippen LogP contribution in [0.5, 0.6) is 11.5 Å². The van der Waals surface area contributed by atoms with Crippen molar-refractivity contribution in [1.29, 1.82) is 0 Å². The fourth-order valence-electron chi connectivity index (χ4n) is 4.24. The molecule has 26 heavy (non-hydrogen) atoms. The standard InChI is InChI=1S/C21H24BrNO3/c1-12-6-7-17-15(9-12)20-14(5-4-8-26-20)19(23-17)13-10-16(22)21(25-3)18(11-13)24-2/h6-7,9-11,14,19-20,23H,4-5,8H2,1-3H3. The molecule has 1 saturated heterocycles. The predicted molar refractivity (Wildman–Crippen MR) is 106 cm³/mol. The molecular formula is C21H24BrNO3. The molecule has 1 fully saturated rings. The highest BCUT2D eigenvalue weighted by atomic mass is 79.9. The third kappa shape index (κ3) is 2.97. The summed E-state index contributed by atoms with van der Waals surface area (Å²) in [5, 5.41) is 3.76. The molecule has 0 aromatic heterocycles. The van der Waals surface area contributed by atoms with Crippen LogP contribution in [0.25, 0.3) is 0 Å². The molecule has 2 aromatic rings. The van der Waals surface area contributed by atoms with E-state index < -0.39 is 0 Å². The van der Waals surface area contributed by atoms with E-state index in [0.717, 1.165) is 41.1 Å². The summed E-state index contributed by atoms with van der Waals surface area (Å²) in [5.41, 5.74) is 4.90. The number of aryl methyl sites for hydroxylation is 1. The van der Waals surface area contributed by atoms with Crippen molar-refractivity contribution in [1.82, 2.24) is 0 Å². The van der Waals surface area contributed by atoms with E-state index in [-0.39, 0.29) is 12.1 Å². The molecule has 0 saturated carbocycles. The van der Waals surface area contributed by atoms with Gasteiger partial charge in [-0.15, -0.1) is 0 Å². The van der Waals surface area contributed by atoms with Gasteiger partial charge in [0, 0.05) is 23.8 Å². The van der Waals surface area contributed by atoms with Gasteiger partial charge in [0.25, 0.3) is 0 Å². The lowest BCUT2D eigenvalue weighted by Crippen LogP contribution is -2.36. The number of hydrogen-bond acceptors (Lipinski definition) is 4. The lowest BCUT2D eigenvalue weighted by molar-refractivity contribution is -0.0381. The van der Waals surface area contributed by atoms with Gasteiger partial charge in [-0.05, 0) is 59.5 Å². The number of nitrogens with one attached hydrogen (secondary N) is 1. The third-order valence-electron chi connectivity index (χ3n) is 5.44. The monoisotopic (exact) mass is 417 g/mol. The summed E-state index contributed by atoms with van der Waals surface area (Å²) in [5.74, 6) is 1.85. The van der Waals surface area contributed by atoms with E-state index in [2.05, 4.69) is 58.5 Å². The Labute approximate surface area is 163 Å². The van der Waals surface area contributed by atoms with Crippen molar-refractivity contribution in [3.63, 3.8) is 0 Å². The van der Waals surface area contributed by atoms with Crippen LogP contribution >= 0.6 is 15.9 Å². The summed E-state index contributed by atoms with van der Waals surface area (Å²) in [6.07, 6.45) is 2.37. The minimum absolute atomic E-state index is 0.136. The van der Waals surface area contributed by atoms with E-state index in [9.17, 15) is 0 Å². The van der Waals surface area contributed by atoms with Crippen molar-refractivity contribution >= 4 is 21.6 Å². The Morgan fingerprint density at radius 2 is 2.00 bits per heavy atom. The molecule has 0 radical (unpaired) electrons. The molecular weight excluding hydrogens is 394 g/mol. The molecule has 5 heteroatoms. The highest BCUT2D eigenvalue weighted by molar-refractivity contribution is 9.10. The van der Waals surface area contributed by atoms with Crippen molar-refractivity contribution in [3.8, 4) is 11.5 Å². The molecule has 0 spiro atoms. The number of hydrogen-bond donors (Lipinski definition) is 1. The smallest absolute Gasteiger partial charge is 0.174 e. The Kier molecular flexibility index (Phi) is 4.84. The zero-order valence-electron chi connectivity index (χ0n) is 15.3. The topological polar surface area (TPSA) is 39.7 Å². The first-order valence-electron chi connectivity index (χ1n) is 9.02. The van der Waals surface area contributed by atoms with Crippen LogP contribution in [0, 0.1) is 12.8 Å². The molecule has 0 aliphatic carbocycles. The van der Waals surface area contributed by atoms with Crippen molar-refractivity contribution in [2.75, 3.05) is 26.1 Å². The molecule has 138 valence electrons. The molecule has 1 N–H and O–H groups in total. The van der Waals surface area contributed by atoms with Gasteiger partial charge in [0.05, 0.1) is 30.8 Å². The van der Waals surface area contributed by atoms with Crippen LogP contribution in [0.3, 0.4) is 0 Å². The van der Waals surface area contributed by atoms with E-state index in [0.29, 0.717) is 5.92 Å². The quantitative estimate of drug-likeness (QED) is 0.724. The summed E-state index contributed by atoms with van der Waals surface area (Å²) in [4.78, 5) is 0. The van der Waals surface area contributed by atoms with Crippen LogP contribution in [-0.4, -0.2) is 20.8 Å². The second-order valence-electron chi connectivity index (χ2n) is 7.05. The number of fused-ring (bicyclic) bond motifs is 3. The Balaban J connectivity index is 1.79. The van der Waals surface area contributed by atoms with Crippen molar-refractivity contribution < 1.29 is 14.2 Å². The SMILES string of the molecule is COc1cc(C2Nc3ccc(C)cc3C3OCCCC23)cc(Br)c1OC. The molecule has 2 heterocycles. The van der Waals surface area contributed by atoms with E-state index in [1.54, 1.807) is 14.2 Å². The van der Waals surface area contributed by atoms with Crippen LogP contribution in [0.4, 0.5) is 5.69 Å². The predicted octanol–water partition coefficient (Wildman–Crippen LogP) is 5.41. The molecule has 4 nitrogen and oxygen atoms in total. The van der Waals surface area contributed by atoms with Crippen LogP contribution in [-0.2, 0) is 4.74 Å². The minimum Gasteiger partial charge on any atom is -0.493 e. The molecule has 0 bridgehead atoms. The van der Waals surface area contributed by atoms with Crippen molar-refractivity contribution in [2.45, 2.75) is 31.9 Å². The molecule has 3 atom stereocenters. The number of rotatable bonds is 3. The lowest BCUT2D eigenvalue weighted by atomic mass is 9.77. The maximum Gasteiger partial charge on any atom is 0.174 e. The lowest BCUT2D eigenvalue weighted by Gasteiger charge is -2.43. The summed E-state index contributed by atoms with van der Waals surface area (Å²) >= 11 is 3.63. The second-order valence-corrected chi connectivity index (χ2v) is 7.90. The van der Waals surface area contributed by atoms with E-state index in [1.807, 2.05) is 0 Å². The van der Waals surface area contributed by atoms with Crippen LogP contribution < -0.4 is 14.8 Å². The van der Waals surface area contributed by atoms with Gasteiger partial charge in [-0.2, -0.15) is 0 Å². The summed E-state index contributed by atoms with van der Waals surface area (Å²) < 4.78 is 18.2. The van der Waals surface area contributed by atoms with Crippen molar-refractivity contribution in [2.24, 2.45) is 5.92 Å². The van der Waals surface area contributed by atoms with Gasteiger partial charge in [0.1, 0.15) is 0 Å². The number of halogens is 1. The summed E-state index contributed by atoms with van der Waals surface area (Å²) in [6.45, 7) is 2.96. The Hall–Kier alpha value is -1.72. The highest BCUT2D eigenvalue weighted by Gasteiger charge is 2.40. The average molecular weight is 418 g/mol. The zero-order valence-corrected chi connectivity index (χ0v) is 16.9. The normalized spacial score (nSPS) is 24.2. The Bertz CT molecular complexity index is 823. The minimum atomic E-state index is 0.136. The zero-order chi connectivity index (χ0) is 18.3. The van der Waals surface area contributed by atoms with Gasteiger partial charge in [0.2, 0.25) is 0 Å². The molecule has 3 unspecified atom stereocenters. The number of methoxy groups -OCH3 is 2. The maximum atomic E-state index is 6.24. The van der Waals surface area contributed by atoms with Crippen LogP contribution in [0.2, 0.25) is 0 Å². The molecule has 2 aromatic carbocycles. The van der Waals surface area contributed by atoms with Crippen molar-refractivity contribution in [3.05, 3.63) is 51.5 Å². The Morgan fingerprint density at radius 1 is 1.15 bits per heavy atom. The van der Waals surface area contributed by atoms with Gasteiger partial charge in [-0.25, -0.2) is 0 Å². The fraction of sp³-hybridized carbons (Fsp3) is 0.429. The van der Waals surface area contributed by atoms with Crippen LogP contribution in [0.1, 0.15) is 41.7 Å². The fourth-order valence-corrected chi connectivity index (χ4v) is 4.86. The molecule has 0 amide bonds. The summed E-state index contributed by atoms with van der Waals surface area (Å²) in [6, 6.07) is 11.0. The largest absolute Gasteiger partial charge is 0.493 e. The molecule has 2 aliphatic heterocycles. The van der Waals surface area contributed by atoms with Gasteiger partial charge in [-0.1, -0.05) is 17.7 Å². The third-order valence-corrected chi connectivity index (χ3v) is 6.02. The van der Waals surface area contributed by atoms with Gasteiger partial charge in [0.15, 0.2) is 11.5 Å². The van der Waals surface area contributed by atoms with Gasteiger partial charge < -0.3 is 19.5 Å². The van der Waals surface area contributed by atoms with E-state index in [1.165, 1.54) is 16.7 Å². The average Bonchev–Trinajstić information content (AvgIpc) is 2.66. The highest BCUT2D eigenvalue weighted by Crippen LogP contribution is 2.50. The Morgan fingerprint density at radius 3 is 2.77 bits per heavy atom.